The number of unbranched alkanes of at least 4 members (excludes halogenated alkanes) is 4. The summed E-state index contributed by atoms with van der Waals surface area (Å²) in [6.45, 7) is 9.41. The summed E-state index contributed by atoms with van der Waals surface area (Å²) >= 11 is -1.01. The maximum atomic E-state index is 2.67. The van der Waals surface area contributed by atoms with Crippen LogP contribution in [0.3, 0.4) is 0 Å². The van der Waals surface area contributed by atoms with E-state index in [1.807, 2.05) is 11.1 Å². The quantitative estimate of drug-likeness (QED) is 0.196. The molecule has 0 nitrogen and oxygen atoms in total. The van der Waals surface area contributed by atoms with Crippen molar-refractivity contribution in [2.75, 3.05) is 0 Å². The second-order valence-electron chi connectivity index (χ2n) is 8.58. The van der Waals surface area contributed by atoms with Gasteiger partial charge in [-0.15, -0.1) is 0 Å². The number of rotatable bonds is 14. The molecule has 0 radical (unpaired) electrons. The first-order valence-corrected chi connectivity index (χ1v) is 15.3. The summed E-state index contributed by atoms with van der Waals surface area (Å²) in [5.74, 6) is 0. The van der Waals surface area contributed by atoms with Crippen LogP contribution in [0, 0.1) is 0 Å². The van der Waals surface area contributed by atoms with Crippen LogP contribution in [-0.2, 0) is 22.9 Å². The zero-order chi connectivity index (χ0) is 19.6. The third kappa shape index (κ3) is 5.91. The molecule has 0 aromatic rings. The Kier molecular flexibility index (Phi) is 10.0. The van der Waals surface area contributed by atoms with Crippen molar-refractivity contribution >= 4 is 0 Å². The molecule has 2 atom stereocenters. The molecule has 27 heavy (non-hydrogen) atoms. The Hall–Kier alpha value is -0.170. The molecule has 0 saturated carbocycles. The van der Waals surface area contributed by atoms with E-state index in [0.29, 0.717) is 6.34 Å². The van der Waals surface area contributed by atoms with Gasteiger partial charge in [-0.05, 0) is 0 Å². The Bertz CT molecular complexity index is 515. The Morgan fingerprint density at radius 3 is 1.41 bits per heavy atom. The molecule has 0 aromatic carbocycles. The first-order valence-electron chi connectivity index (χ1n) is 11.7. The summed E-state index contributed by atoms with van der Waals surface area (Å²) in [5.41, 5.74) is 3.62. The van der Waals surface area contributed by atoms with Gasteiger partial charge in [-0.1, -0.05) is 0 Å². The van der Waals surface area contributed by atoms with Crippen molar-refractivity contribution in [2.24, 2.45) is 0 Å². The van der Waals surface area contributed by atoms with Crippen LogP contribution in [0.1, 0.15) is 105 Å². The van der Waals surface area contributed by atoms with Gasteiger partial charge in [0.25, 0.3) is 0 Å². The maximum absolute atomic E-state index is 2.67. The van der Waals surface area contributed by atoms with Crippen molar-refractivity contribution < 1.29 is 22.9 Å². The Balaban J connectivity index is 2.30. The molecule has 0 fully saturated rings. The standard InChI is InChI=1S/2C13H21.Hf/c2*1-3-5-8-12-10-7-11-13(12)9-6-4-2;/h2*7,10-11H,3-6,8-9H2,1-2H3;. The van der Waals surface area contributed by atoms with Gasteiger partial charge in [-0.25, -0.2) is 0 Å². The zero-order valence-electron chi connectivity index (χ0n) is 18.4. The molecule has 1 heteroatoms. The molecule has 0 aromatic heterocycles. The van der Waals surface area contributed by atoms with Crippen molar-refractivity contribution in [3.8, 4) is 0 Å². The van der Waals surface area contributed by atoms with Crippen LogP contribution >= 0.6 is 0 Å². The van der Waals surface area contributed by atoms with Gasteiger partial charge in [0.2, 0.25) is 0 Å². The van der Waals surface area contributed by atoms with Crippen LogP contribution in [-0.4, -0.2) is 0 Å². The average molecular weight is 533 g/mol. The molecule has 0 N–H and O–H groups in total. The van der Waals surface area contributed by atoms with E-state index in [-0.39, 0.29) is 0 Å². The fourth-order valence-corrected chi connectivity index (χ4v) is 13.7. The fourth-order valence-electron chi connectivity index (χ4n) is 4.68. The van der Waals surface area contributed by atoms with E-state index in [2.05, 4.69) is 64.2 Å². The van der Waals surface area contributed by atoms with Gasteiger partial charge in [-0.2, -0.15) is 0 Å². The van der Waals surface area contributed by atoms with Crippen LogP contribution in [0.25, 0.3) is 0 Å². The molecular weight excluding hydrogens is 491 g/mol. The fraction of sp³-hybridized carbons (Fsp3) is 0.692. The second-order valence-corrected chi connectivity index (χ2v) is 15.9. The molecule has 0 spiro atoms. The minimum absolute atomic E-state index is 0.499. The summed E-state index contributed by atoms with van der Waals surface area (Å²) in [4.78, 5) is 0. The van der Waals surface area contributed by atoms with Crippen molar-refractivity contribution in [1.82, 2.24) is 0 Å². The monoisotopic (exact) mass is 534 g/mol. The first kappa shape index (κ1) is 23.1. The van der Waals surface area contributed by atoms with Gasteiger partial charge in [0, 0.05) is 0 Å². The molecule has 0 heterocycles. The second kappa shape index (κ2) is 11.7. The van der Waals surface area contributed by atoms with Crippen LogP contribution in [0.4, 0.5) is 0 Å². The molecule has 0 amide bonds. The van der Waals surface area contributed by atoms with E-state index < -0.39 is 22.9 Å². The van der Waals surface area contributed by atoms with E-state index >= 15 is 0 Å². The third-order valence-electron chi connectivity index (χ3n) is 6.40. The van der Waals surface area contributed by atoms with E-state index in [9.17, 15) is 0 Å². The Morgan fingerprint density at radius 2 is 1.04 bits per heavy atom. The van der Waals surface area contributed by atoms with Crippen LogP contribution in [0.15, 0.2) is 47.6 Å². The van der Waals surface area contributed by atoms with Crippen molar-refractivity contribution in [1.29, 1.82) is 0 Å². The normalized spacial score (nSPS) is 26.5. The SMILES string of the molecule is CCCCC1=CC=C[C]1(CCCC)[Hf][C]1(CCCC)C=CC=C1CCCC. The molecular formula is C26H42Hf. The van der Waals surface area contributed by atoms with Crippen molar-refractivity contribution in [3.05, 3.63) is 47.6 Å². The number of hydrogen-bond acceptors (Lipinski definition) is 0. The number of hydrogen-bond donors (Lipinski definition) is 0. The summed E-state index contributed by atoms with van der Waals surface area (Å²) in [6, 6.07) is 0. The summed E-state index contributed by atoms with van der Waals surface area (Å²) < 4.78 is 0.998. The Labute approximate surface area is 181 Å². The van der Waals surface area contributed by atoms with E-state index in [4.69, 9.17) is 0 Å². The molecule has 2 aliphatic rings. The van der Waals surface area contributed by atoms with Crippen LogP contribution in [0.2, 0.25) is 6.34 Å². The predicted molar refractivity (Wildman–Crippen MR) is 118 cm³/mol. The molecule has 150 valence electrons. The van der Waals surface area contributed by atoms with Crippen molar-refractivity contribution in [2.45, 2.75) is 111 Å². The van der Waals surface area contributed by atoms with E-state index in [1.54, 1.807) is 0 Å². The van der Waals surface area contributed by atoms with E-state index in [1.165, 1.54) is 77.0 Å². The van der Waals surface area contributed by atoms with Gasteiger partial charge >= 0.3 is 182 Å². The van der Waals surface area contributed by atoms with Crippen LogP contribution in [0.5, 0.6) is 0 Å². The summed E-state index contributed by atoms with van der Waals surface area (Å²) in [6.07, 6.45) is 31.5. The van der Waals surface area contributed by atoms with Gasteiger partial charge in [-0.3, -0.25) is 0 Å². The van der Waals surface area contributed by atoms with Gasteiger partial charge in [0.05, 0.1) is 0 Å². The molecule has 0 aliphatic heterocycles. The predicted octanol–water partition coefficient (Wildman–Crippen LogP) is 9.14. The molecule has 0 bridgehead atoms. The Morgan fingerprint density at radius 1 is 0.630 bits per heavy atom. The van der Waals surface area contributed by atoms with Gasteiger partial charge < -0.3 is 0 Å². The molecule has 2 unspecified atom stereocenters. The number of allylic oxidation sites excluding steroid dienone is 8. The summed E-state index contributed by atoms with van der Waals surface area (Å²) in [5, 5.41) is 0. The van der Waals surface area contributed by atoms with Crippen molar-refractivity contribution in [3.63, 3.8) is 0 Å². The van der Waals surface area contributed by atoms with Gasteiger partial charge in [0.15, 0.2) is 0 Å². The summed E-state index contributed by atoms with van der Waals surface area (Å²) in [7, 11) is 0. The minimum atomic E-state index is -1.01. The average Bonchev–Trinajstić information content (AvgIpc) is 3.26. The topological polar surface area (TPSA) is 0 Å². The first-order chi connectivity index (χ1) is 13.2. The third-order valence-corrected chi connectivity index (χ3v) is 14.9. The molecule has 2 rings (SSSR count). The molecule has 0 saturated heterocycles. The molecule has 2 aliphatic carbocycles. The van der Waals surface area contributed by atoms with Gasteiger partial charge in [0.1, 0.15) is 0 Å². The zero-order valence-corrected chi connectivity index (χ0v) is 22.0. The van der Waals surface area contributed by atoms with Crippen LogP contribution < -0.4 is 0 Å². The van der Waals surface area contributed by atoms with E-state index in [0.717, 1.165) is 0 Å².